The van der Waals surface area contributed by atoms with Gasteiger partial charge in [-0.15, -0.1) is 0 Å². The van der Waals surface area contributed by atoms with Gasteiger partial charge in [-0.25, -0.2) is 0 Å². The number of carbonyl (C=O) groups is 3. The van der Waals surface area contributed by atoms with Gasteiger partial charge in [0, 0.05) is 18.0 Å². The summed E-state index contributed by atoms with van der Waals surface area (Å²) < 4.78 is 0. The number of rotatable bonds is 1. The lowest BCUT2D eigenvalue weighted by Crippen LogP contribution is -2.53. The van der Waals surface area contributed by atoms with Gasteiger partial charge in [0.25, 0.3) is 5.91 Å². The Morgan fingerprint density at radius 1 is 1.23 bits per heavy atom. The van der Waals surface area contributed by atoms with Gasteiger partial charge < -0.3 is 5.11 Å². The Labute approximate surface area is 124 Å². The van der Waals surface area contributed by atoms with Gasteiger partial charge in [0.2, 0.25) is 11.8 Å². The van der Waals surface area contributed by atoms with Crippen molar-refractivity contribution in [2.24, 2.45) is 0 Å². The van der Waals surface area contributed by atoms with E-state index in [1.807, 2.05) is 0 Å². The van der Waals surface area contributed by atoms with Crippen LogP contribution in [0.25, 0.3) is 10.9 Å². The van der Waals surface area contributed by atoms with Crippen molar-refractivity contribution in [1.29, 1.82) is 0 Å². The van der Waals surface area contributed by atoms with Gasteiger partial charge >= 0.3 is 0 Å². The van der Waals surface area contributed by atoms with Crippen LogP contribution in [0.2, 0.25) is 0 Å². The summed E-state index contributed by atoms with van der Waals surface area (Å²) in [4.78, 5) is 41.6. The van der Waals surface area contributed by atoms with E-state index >= 15 is 0 Å². The molecular formula is C15H11N3O4. The topological polar surface area (TPSA) is 99.6 Å². The predicted molar refractivity (Wildman–Crippen MR) is 76.4 cm³/mol. The molecule has 7 nitrogen and oxygen atoms in total. The van der Waals surface area contributed by atoms with Crippen LogP contribution < -0.4 is 10.2 Å². The van der Waals surface area contributed by atoms with E-state index in [-0.39, 0.29) is 30.1 Å². The largest absolute Gasteiger partial charge is 0.507 e. The fraction of sp³-hybridized carbons (Fsp3) is 0.200. The third-order valence-corrected chi connectivity index (χ3v) is 4.08. The number of nitrogens with zero attached hydrogens (tertiary/aromatic N) is 2. The molecule has 0 spiro atoms. The van der Waals surface area contributed by atoms with Crippen LogP contribution in [0.1, 0.15) is 23.2 Å². The molecule has 110 valence electrons. The first kappa shape index (κ1) is 12.8. The van der Waals surface area contributed by atoms with Crippen LogP contribution in [-0.4, -0.2) is 33.9 Å². The van der Waals surface area contributed by atoms with Crippen molar-refractivity contribution in [3.05, 3.63) is 30.0 Å². The molecule has 2 N–H and O–H groups in total. The second kappa shape index (κ2) is 4.27. The molecule has 1 atom stereocenters. The zero-order valence-electron chi connectivity index (χ0n) is 11.4. The highest BCUT2D eigenvalue weighted by atomic mass is 16.3. The highest BCUT2D eigenvalue weighted by molar-refractivity contribution is 6.27. The number of hydrogen-bond donors (Lipinski definition) is 2. The van der Waals surface area contributed by atoms with Gasteiger partial charge in [-0.3, -0.25) is 29.6 Å². The summed E-state index contributed by atoms with van der Waals surface area (Å²) >= 11 is 0. The van der Waals surface area contributed by atoms with E-state index < -0.39 is 17.9 Å². The maximum absolute atomic E-state index is 12.7. The van der Waals surface area contributed by atoms with Crippen molar-refractivity contribution in [1.82, 2.24) is 10.3 Å². The Hall–Kier alpha value is -2.96. The number of aromatic nitrogens is 1. The lowest BCUT2D eigenvalue weighted by atomic mass is 10.0. The Balaban J connectivity index is 1.89. The number of imide groups is 1. The van der Waals surface area contributed by atoms with Gasteiger partial charge in [0.15, 0.2) is 0 Å². The Kier molecular flexibility index (Phi) is 2.47. The summed E-state index contributed by atoms with van der Waals surface area (Å²) in [5.41, 5.74) is 1.27. The highest BCUT2D eigenvalue weighted by Crippen LogP contribution is 2.42. The molecular weight excluding hydrogens is 286 g/mol. The molecule has 1 aromatic heterocycles. The minimum atomic E-state index is -0.761. The molecule has 2 aliphatic heterocycles. The van der Waals surface area contributed by atoms with Gasteiger partial charge in [-0.05, 0) is 24.6 Å². The summed E-state index contributed by atoms with van der Waals surface area (Å²) in [7, 11) is 0. The zero-order valence-corrected chi connectivity index (χ0v) is 11.4. The number of phenolic OH excluding ortho intramolecular Hbond substituents is 1. The van der Waals surface area contributed by atoms with Gasteiger partial charge in [-0.1, -0.05) is 0 Å². The van der Waals surface area contributed by atoms with E-state index in [1.54, 1.807) is 18.3 Å². The SMILES string of the molecule is O=C1CCC(N2C(=O)c3c(O)ccc4nccc2c34)C(=O)N1. The number of pyridine rings is 1. The van der Waals surface area contributed by atoms with E-state index in [9.17, 15) is 19.5 Å². The van der Waals surface area contributed by atoms with Gasteiger partial charge in [-0.2, -0.15) is 0 Å². The predicted octanol–water partition coefficient (Wildman–Crippen LogP) is 0.706. The van der Waals surface area contributed by atoms with E-state index in [4.69, 9.17) is 0 Å². The molecule has 3 heterocycles. The first-order chi connectivity index (χ1) is 10.6. The fourth-order valence-corrected chi connectivity index (χ4v) is 3.10. The van der Waals surface area contributed by atoms with Gasteiger partial charge in [0.1, 0.15) is 11.8 Å². The van der Waals surface area contributed by atoms with Crippen LogP contribution in [-0.2, 0) is 9.59 Å². The maximum atomic E-state index is 12.7. The summed E-state index contributed by atoms with van der Waals surface area (Å²) in [6.45, 7) is 0. The molecule has 0 bridgehead atoms. The van der Waals surface area contributed by atoms with E-state index in [0.717, 1.165) is 0 Å². The van der Waals surface area contributed by atoms with E-state index in [1.165, 1.54) is 11.0 Å². The molecule has 1 saturated heterocycles. The maximum Gasteiger partial charge on any atom is 0.263 e. The Bertz CT molecular complexity index is 861. The summed E-state index contributed by atoms with van der Waals surface area (Å²) in [5, 5.41) is 12.8. The van der Waals surface area contributed by atoms with Crippen molar-refractivity contribution in [3.63, 3.8) is 0 Å². The molecule has 1 unspecified atom stereocenters. The van der Waals surface area contributed by atoms with Crippen LogP contribution in [0.3, 0.4) is 0 Å². The normalized spacial score (nSPS) is 20.6. The standard InChI is InChI=1S/C15H11N3O4/c19-10-3-1-7-12-8(5-6-16-7)18(15(22)13(10)12)9-2-4-11(20)17-14(9)21/h1,3,5-6,9,19H,2,4H2,(H,17,20,21). The molecule has 4 rings (SSSR count). The van der Waals surface area contributed by atoms with E-state index in [0.29, 0.717) is 16.6 Å². The number of nitrogens with one attached hydrogen (secondary N) is 1. The first-order valence-corrected chi connectivity index (χ1v) is 6.86. The molecule has 7 heteroatoms. The zero-order chi connectivity index (χ0) is 15.4. The second-order valence-corrected chi connectivity index (χ2v) is 5.33. The van der Waals surface area contributed by atoms with Crippen molar-refractivity contribution in [2.45, 2.75) is 18.9 Å². The van der Waals surface area contributed by atoms with E-state index in [2.05, 4.69) is 10.3 Å². The van der Waals surface area contributed by atoms with Crippen LogP contribution in [0.5, 0.6) is 5.75 Å². The minimum Gasteiger partial charge on any atom is -0.507 e. The lowest BCUT2D eigenvalue weighted by molar-refractivity contribution is -0.134. The monoisotopic (exact) mass is 297 g/mol. The Morgan fingerprint density at radius 3 is 2.82 bits per heavy atom. The quantitative estimate of drug-likeness (QED) is 0.755. The number of carbonyl (C=O) groups excluding carboxylic acids is 3. The van der Waals surface area contributed by atoms with Crippen molar-refractivity contribution >= 4 is 34.3 Å². The van der Waals surface area contributed by atoms with Crippen LogP contribution >= 0.6 is 0 Å². The Morgan fingerprint density at radius 2 is 2.05 bits per heavy atom. The molecule has 1 aromatic carbocycles. The molecule has 22 heavy (non-hydrogen) atoms. The van der Waals surface area contributed by atoms with Crippen LogP contribution in [0.4, 0.5) is 5.69 Å². The number of piperidine rings is 1. The van der Waals surface area contributed by atoms with Crippen LogP contribution in [0.15, 0.2) is 24.4 Å². The number of phenols is 1. The average Bonchev–Trinajstić information content (AvgIpc) is 2.78. The number of benzene rings is 1. The minimum absolute atomic E-state index is 0.137. The first-order valence-electron chi connectivity index (χ1n) is 6.86. The van der Waals surface area contributed by atoms with Crippen LogP contribution in [0, 0.1) is 0 Å². The summed E-state index contributed by atoms with van der Waals surface area (Å²) in [6.07, 6.45) is 1.99. The number of hydrogen-bond acceptors (Lipinski definition) is 5. The molecule has 0 radical (unpaired) electrons. The smallest absolute Gasteiger partial charge is 0.263 e. The summed E-state index contributed by atoms with van der Waals surface area (Å²) in [5.74, 6) is -1.42. The third kappa shape index (κ3) is 1.56. The van der Waals surface area contributed by atoms with Crippen molar-refractivity contribution < 1.29 is 19.5 Å². The molecule has 1 fully saturated rings. The molecule has 2 aliphatic rings. The molecule has 0 saturated carbocycles. The average molecular weight is 297 g/mol. The molecule has 3 amide bonds. The number of aromatic hydroxyl groups is 1. The molecule has 0 aliphatic carbocycles. The van der Waals surface area contributed by atoms with Crippen molar-refractivity contribution in [3.8, 4) is 5.75 Å². The molecule has 2 aromatic rings. The summed E-state index contributed by atoms with van der Waals surface area (Å²) in [6, 6.07) is 3.92. The number of anilines is 1. The third-order valence-electron chi connectivity index (χ3n) is 4.08. The van der Waals surface area contributed by atoms with Crippen molar-refractivity contribution in [2.75, 3.05) is 4.90 Å². The lowest BCUT2D eigenvalue weighted by Gasteiger charge is -2.30. The fourth-order valence-electron chi connectivity index (χ4n) is 3.10. The highest BCUT2D eigenvalue weighted by Gasteiger charge is 2.41. The van der Waals surface area contributed by atoms with Gasteiger partial charge in [0.05, 0.1) is 16.8 Å². The second-order valence-electron chi connectivity index (χ2n) is 5.33. The number of amides is 3.